The van der Waals surface area contributed by atoms with Crippen LogP contribution in [0.4, 0.5) is 10.5 Å². The molecule has 53 heavy (non-hydrogen) atoms. The number of unbranched alkanes of at least 4 members (excludes halogenated alkanes) is 2. The first kappa shape index (κ1) is 38.5. The van der Waals surface area contributed by atoms with Crippen molar-refractivity contribution >= 4 is 26.0 Å². The van der Waals surface area contributed by atoms with E-state index >= 15 is 0 Å². The molecule has 3 unspecified atom stereocenters. The van der Waals surface area contributed by atoms with Crippen LogP contribution in [-0.4, -0.2) is 84.7 Å². The van der Waals surface area contributed by atoms with Gasteiger partial charge in [-0.2, -0.15) is 0 Å². The fraction of sp³-hybridized carbons (Fsp3) is 0.579. The highest BCUT2D eigenvalue weighted by atomic mass is 28.4. The first-order valence-corrected chi connectivity index (χ1v) is 21.0. The number of fused-ring (bicyclic) bond motifs is 2. The van der Waals surface area contributed by atoms with Crippen molar-refractivity contribution in [2.24, 2.45) is 0 Å². The Hall–Kier alpha value is -4.18. The number of carbonyl (C=O) groups excluding carboxylic acids is 2. The Bertz CT molecular complexity index is 1890. The highest BCUT2D eigenvalue weighted by Gasteiger charge is 2.50. The molecule has 0 saturated carbocycles. The van der Waals surface area contributed by atoms with Crippen LogP contribution >= 0.6 is 0 Å². The predicted molar refractivity (Wildman–Crippen MR) is 202 cm³/mol. The molecule has 3 aliphatic rings. The molecule has 290 valence electrons. The molecule has 3 aliphatic heterocycles. The van der Waals surface area contributed by atoms with Gasteiger partial charge in [-0.05, 0) is 63.7 Å². The van der Waals surface area contributed by atoms with Gasteiger partial charge < -0.3 is 33.4 Å². The molecule has 1 aromatic heterocycles. The van der Waals surface area contributed by atoms with Gasteiger partial charge in [-0.25, -0.2) is 14.5 Å². The maximum Gasteiger partial charge on any atom is 0.416 e. The van der Waals surface area contributed by atoms with E-state index < -0.39 is 56.8 Å². The standard InChI is InChI=1S/C38H54N4O10Si/c1-10-15-50-37(47)42-28-20-30(48-7)31(19-27(28)34(45)40-21-24(2)17-29(40)35(42)52-53(8,9)38(4,5)6)49-16-13-11-12-14-39-33(44)25(3)22-41(36(39)46)32-18-26(43)23-51-32/h10,19-22,26,29,32,35,43H,1,11-18,23H2,2-9H3/t26?,29-,32?,35-/m0/s1/i23D/t23?,26?,29-,32?,35-. The van der Waals surface area contributed by atoms with E-state index in [0.717, 1.165) is 10.1 Å². The monoisotopic (exact) mass is 755 g/mol. The van der Waals surface area contributed by atoms with Crippen molar-refractivity contribution in [3.63, 3.8) is 0 Å². The van der Waals surface area contributed by atoms with Gasteiger partial charge in [0, 0.05) is 37.0 Å². The van der Waals surface area contributed by atoms with E-state index in [0.29, 0.717) is 42.7 Å². The number of benzene rings is 1. The lowest BCUT2D eigenvalue weighted by molar-refractivity contribution is 0.0434. The topological polar surface area (TPSA) is 151 Å². The minimum Gasteiger partial charge on any atom is -0.493 e. The van der Waals surface area contributed by atoms with Gasteiger partial charge in [0.1, 0.15) is 12.8 Å². The summed E-state index contributed by atoms with van der Waals surface area (Å²) in [6.45, 7) is 17.0. The SMILES string of the molecule is [2H]C1OC(n2cc(C)c(=O)n(CCCCCOc3cc4c(cc3OC)N(C(=O)OCC=C)[C@@H](O[Si](C)(C)C(C)(C)C)[C@@H]3CC(C)=CN3C4=O)c2=O)CC1O. The van der Waals surface area contributed by atoms with Crippen molar-refractivity contribution in [2.75, 3.05) is 31.8 Å². The third kappa shape index (κ3) is 8.32. The number of nitrogens with zero attached hydrogens (tertiary/aromatic N) is 4. The Labute approximate surface area is 313 Å². The molecule has 5 atom stereocenters. The lowest BCUT2D eigenvalue weighted by Gasteiger charge is -2.44. The third-order valence-corrected chi connectivity index (χ3v) is 14.8. The summed E-state index contributed by atoms with van der Waals surface area (Å²) in [5.74, 6) is 0.310. The van der Waals surface area contributed by atoms with Crippen molar-refractivity contribution in [1.82, 2.24) is 14.0 Å². The number of anilines is 1. The van der Waals surface area contributed by atoms with E-state index in [2.05, 4.69) is 40.4 Å². The Kier molecular flexibility index (Phi) is 11.7. The van der Waals surface area contributed by atoms with Gasteiger partial charge in [-0.1, -0.05) is 39.0 Å². The van der Waals surface area contributed by atoms with Crippen LogP contribution in [0.25, 0.3) is 0 Å². The second kappa shape index (κ2) is 16.0. The molecule has 1 saturated heterocycles. The zero-order chi connectivity index (χ0) is 39.7. The molecule has 1 N–H and O–H groups in total. The second-order valence-electron chi connectivity index (χ2n) is 15.4. The number of aryl methyl sites for hydroxylation is 1. The molecular formula is C38H54N4O10Si. The van der Waals surface area contributed by atoms with Gasteiger partial charge in [0.15, 0.2) is 26.0 Å². The van der Waals surface area contributed by atoms with Gasteiger partial charge in [-0.15, -0.1) is 0 Å². The van der Waals surface area contributed by atoms with Crippen LogP contribution in [-0.2, 0) is 20.4 Å². The van der Waals surface area contributed by atoms with Crippen LogP contribution < -0.4 is 25.6 Å². The van der Waals surface area contributed by atoms with Crippen molar-refractivity contribution in [3.8, 4) is 11.5 Å². The Morgan fingerprint density at radius 3 is 2.53 bits per heavy atom. The number of aliphatic hydroxyl groups excluding tert-OH is 1. The van der Waals surface area contributed by atoms with E-state index in [4.69, 9.17) is 24.7 Å². The van der Waals surface area contributed by atoms with Crippen LogP contribution in [0.1, 0.15) is 83.3 Å². The maximum atomic E-state index is 14.3. The van der Waals surface area contributed by atoms with Gasteiger partial charge >= 0.3 is 11.8 Å². The summed E-state index contributed by atoms with van der Waals surface area (Å²) in [5.41, 5.74) is 0.876. The van der Waals surface area contributed by atoms with Crippen molar-refractivity contribution in [3.05, 3.63) is 74.7 Å². The molecule has 0 aliphatic carbocycles. The number of rotatable bonds is 13. The van der Waals surface area contributed by atoms with E-state index in [1.165, 1.54) is 28.8 Å². The molecule has 15 heteroatoms. The smallest absolute Gasteiger partial charge is 0.416 e. The van der Waals surface area contributed by atoms with E-state index in [1.807, 2.05) is 13.1 Å². The molecule has 2 amide bonds. The number of ether oxygens (including phenoxy) is 4. The zero-order valence-corrected chi connectivity index (χ0v) is 33.0. The van der Waals surface area contributed by atoms with Crippen LogP contribution in [0.2, 0.25) is 18.1 Å². The summed E-state index contributed by atoms with van der Waals surface area (Å²) in [4.78, 5) is 57.4. The average Bonchev–Trinajstić information content (AvgIpc) is 3.65. The average molecular weight is 756 g/mol. The van der Waals surface area contributed by atoms with E-state index in [1.54, 1.807) is 24.0 Å². The van der Waals surface area contributed by atoms with Crippen molar-refractivity contribution in [2.45, 2.75) is 116 Å². The number of methoxy groups -OCH3 is 1. The van der Waals surface area contributed by atoms with Crippen LogP contribution in [0, 0.1) is 6.92 Å². The molecule has 5 rings (SSSR count). The molecule has 2 aromatic rings. The second-order valence-corrected chi connectivity index (χ2v) is 20.1. The van der Waals surface area contributed by atoms with Crippen LogP contribution in [0.15, 0.2) is 52.3 Å². The van der Waals surface area contributed by atoms with Gasteiger partial charge in [0.2, 0.25) is 0 Å². The fourth-order valence-electron chi connectivity index (χ4n) is 6.48. The number of hydrogen-bond donors (Lipinski definition) is 1. The normalized spacial score (nSPS) is 23.2. The molecule has 1 aromatic carbocycles. The molecule has 0 radical (unpaired) electrons. The number of hydrogen-bond acceptors (Lipinski definition) is 10. The third-order valence-electron chi connectivity index (χ3n) is 10.4. The summed E-state index contributed by atoms with van der Waals surface area (Å²) < 4.78 is 40.1. The fourth-order valence-corrected chi connectivity index (χ4v) is 7.70. The van der Waals surface area contributed by atoms with E-state index in [-0.39, 0.29) is 48.4 Å². The molecule has 0 spiro atoms. The Morgan fingerprint density at radius 2 is 1.89 bits per heavy atom. The lowest BCUT2D eigenvalue weighted by Crippen LogP contribution is -2.57. The van der Waals surface area contributed by atoms with Gasteiger partial charge in [-0.3, -0.25) is 18.7 Å². The first-order chi connectivity index (χ1) is 25.4. The minimum absolute atomic E-state index is 0.0322. The van der Waals surface area contributed by atoms with Crippen molar-refractivity contribution < 1.29 is 39.4 Å². The minimum atomic E-state index is -2.51. The van der Waals surface area contributed by atoms with Gasteiger partial charge in [0.25, 0.3) is 11.5 Å². The number of carbonyl (C=O) groups is 2. The number of aliphatic hydroxyl groups is 1. The molecule has 0 bridgehead atoms. The summed E-state index contributed by atoms with van der Waals surface area (Å²) in [5, 5.41) is 9.76. The predicted octanol–water partition coefficient (Wildman–Crippen LogP) is 5.46. The highest BCUT2D eigenvalue weighted by Crippen LogP contribution is 2.45. The van der Waals surface area contributed by atoms with Crippen LogP contribution in [0.3, 0.4) is 0 Å². The summed E-state index contributed by atoms with van der Waals surface area (Å²) in [7, 11) is -1.03. The first-order valence-electron chi connectivity index (χ1n) is 18.7. The molecule has 1 fully saturated rings. The highest BCUT2D eigenvalue weighted by molar-refractivity contribution is 6.74. The molecular weight excluding hydrogens is 701 g/mol. The molecule has 4 heterocycles. The van der Waals surface area contributed by atoms with Crippen LogP contribution in [0.5, 0.6) is 11.5 Å². The molecule has 14 nitrogen and oxygen atoms in total. The number of aromatic nitrogens is 2. The van der Waals surface area contributed by atoms with Gasteiger partial charge in [0.05, 0.1) is 45.1 Å². The Morgan fingerprint density at radius 1 is 1.15 bits per heavy atom. The Balaban J connectivity index is 1.37. The lowest BCUT2D eigenvalue weighted by atomic mass is 10.1. The van der Waals surface area contributed by atoms with Crippen molar-refractivity contribution in [1.29, 1.82) is 0 Å². The zero-order valence-electron chi connectivity index (χ0n) is 33.0. The quantitative estimate of drug-likeness (QED) is 0.159. The summed E-state index contributed by atoms with van der Waals surface area (Å²) in [6, 6.07) is 2.71. The summed E-state index contributed by atoms with van der Waals surface area (Å²) in [6.07, 6.45) is 3.58. The van der Waals surface area contributed by atoms with E-state index in [9.17, 15) is 24.3 Å². The maximum absolute atomic E-state index is 14.3. The number of amides is 2. The largest absolute Gasteiger partial charge is 0.493 e. The summed E-state index contributed by atoms with van der Waals surface area (Å²) >= 11 is 0.